The molecular weight excluding hydrogens is 300 g/mol. The largest absolute Gasteiger partial charge is 0.354 e. The van der Waals surface area contributed by atoms with E-state index in [9.17, 15) is 9.59 Å². The molecule has 2 aromatic carbocycles. The molecule has 0 fully saturated rings. The summed E-state index contributed by atoms with van der Waals surface area (Å²) in [6.07, 6.45) is 1.09. The van der Waals surface area contributed by atoms with E-state index in [4.69, 9.17) is 0 Å². The maximum absolute atomic E-state index is 12.4. The number of carbonyl (C=O) groups is 2. The molecule has 0 saturated heterocycles. The molecule has 0 unspecified atom stereocenters. The van der Waals surface area contributed by atoms with Crippen molar-refractivity contribution in [2.75, 3.05) is 0 Å². The van der Waals surface area contributed by atoms with Gasteiger partial charge >= 0.3 is 0 Å². The Hall–Kier alpha value is -2.62. The zero-order valence-electron chi connectivity index (χ0n) is 14.2. The van der Waals surface area contributed by atoms with E-state index in [0.717, 1.165) is 12.0 Å². The van der Waals surface area contributed by atoms with Crippen molar-refractivity contribution in [3.63, 3.8) is 0 Å². The monoisotopic (exact) mass is 324 g/mol. The van der Waals surface area contributed by atoms with Crippen molar-refractivity contribution in [3.8, 4) is 0 Å². The highest BCUT2D eigenvalue weighted by atomic mass is 16.2. The molecule has 0 aliphatic heterocycles. The van der Waals surface area contributed by atoms with Crippen molar-refractivity contribution in [1.29, 1.82) is 0 Å². The molecule has 0 aliphatic carbocycles. The average molecular weight is 324 g/mol. The molecule has 2 atom stereocenters. The van der Waals surface area contributed by atoms with Crippen LogP contribution < -0.4 is 10.6 Å². The molecule has 126 valence electrons. The Morgan fingerprint density at radius 1 is 0.917 bits per heavy atom. The molecule has 2 N–H and O–H groups in total. The van der Waals surface area contributed by atoms with E-state index in [1.165, 1.54) is 0 Å². The van der Waals surface area contributed by atoms with Crippen LogP contribution in [0.5, 0.6) is 0 Å². The third-order valence-corrected chi connectivity index (χ3v) is 3.95. The van der Waals surface area contributed by atoms with Gasteiger partial charge in [0.1, 0.15) is 0 Å². The molecular formula is C20H24N2O2. The molecule has 0 radical (unpaired) electrons. The van der Waals surface area contributed by atoms with Crippen LogP contribution in [0.15, 0.2) is 60.7 Å². The summed E-state index contributed by atoms with van der Waals surface area (Å²) in [6.45, 7) is 3.99. The normalized spacial score (nSPS) is 12.9. The Labute approximate surface area is 143 Å². The highest BCUT2D eigenvalue weighted by molar-refractivity contribution is 5.94. The second-order valence-corrected chi connectivity index (χ2v) is 5.88. The van der Waals surface area contributed by atoms with E-state index in [1.807, 2.05) is 62.4 Å². The molecule has 2 rings (SSSR count). The summed E-state index contributed by atoms with van der Waals surface area (Å²) in [6, 6.07) is 18.4. The van der Waals surface area contributed by atoms with Crippen LogP contribution >= 0.6 is 0 Å². The molecule has 4 heteroatoms. The second-order valence-electron chi connectivity index (χ2n) is 5.88. The lowest BCUT2D eigenvalue weighted by Crippen LogP contribution is -2.37. The summed E-state index contributed by atoms with van der Waals surface area (Å²) in [5, 5.41) is 5.92. The molecule has 2 aromatic rings. The summed E-state index contributed by atoms with van der Waals surface area (Å²) >= 11 is 0. The van der Waals surface area contributed by atoms with E-state index < -0.39 is 0 Å². The van der Waals surface area contributed by atoms with Gasteiger partial charge in [-0.05, 0) is 31.0 Å². The number of carbonyl (C=O) groups excluding carboxylic acids is 2. The van der Waals surface area contributed by atoms with E-state index in [0.29, 0.717) is 5.56 Å². The van der Waals surface area contributed by atoms with Gasteiger partial charge in [-0.3, -0.25) is 9.59 Å². The second kappa shape index (κ2) is 8.87. The summed E-state index contributed by atoms with van der Waals surface area (Å²) in [7, 11) is 0. The summed E-state index contributed by atoms with van der Waals surface area (Å²) < 4.78 is 0. The molecule has 0 heterocycles. The van der Waals surface area contributed by atoms with Crippen LogP contribution in [0.2, 0.25) is 0 Å². The first kappa shape index (κ1) is 17.7. The Bertz CT molecular complexity index is 656. The molecule has 0 saturated carbocycles. The Balaban J connectivity index is 2.12. The van der Waals surface area contributed by atoms with Gasteiger partial charge in [0.15, 0.2) is 0 Å². The smallest absolute Gasteiger partial charge is 0.251 e. The summed E-state index contributed by atoms with van der Waals surface area (Å²) in [4.78, 5) is 24.7. The van der Waals surface area contributed by atoms with Crippen LogP contribution in [0.4, 0.5) is 0 Å². The highest BCUT2D eigenvalue weighted by Gasteiger charge is 2.19. The minimum Gasteiger partial charge on any atom is -0.354 e. The molecule has 0 spiro atoms. The zero-order chi connectivity index (χ0) is 17.4. The topological polar surface area (TPSA) is 58.2 Å². The van der Waals surface area contributed by atoms with Gasteiger partial charge in [-0.2, -0.15) is 0 Å². The van der Waals surface area contributed by atoms with Crippen molar-refractivity contribution in [2.24, 2.45) is 0 Å². The molecule has 4 nitrogen and oxygen atoms in total. The SMILES string of the molecule is CC[C@@H](C)NC(=O)C[C@@H](NC(=O)c1ccccc1)c1ccccc1. The van der Waals surface area contributed by atoms with Crippen molar-refractivity contribution in [1.82, 2.24) is 10.6 Å². The number of nitrogens with one attached hydrogen (secondary N) is 2. The molecule has 24 heavy (non-hydrogen) atoms. The lowest BCUT2D eigenvalue weighted by Gasteiger charge is -2.20. The van der Waals surface area contributed by atoms with Gasteiger partial charge in [0, 0.05) is 11.6 Å². The van der Waals surface area contributed by atoms with E-state index in [1.54, 1.807) is 12.1 Å². The molecule has 0 bridgehead atoms. The van der Waals surface area contributed by atoms with Gasteiger partial charge in [-0.1, -0.05) is 55.5 Å². The van der Waals surface area contributed by atoms with Gasteiger partial charge < -0.3 is 10.6 Å². The van der Waals surface area contributed by atoms with Crippen LogP contribution in [0.1, 0.15) is 48.7 Å². The number of hydrogen-bond acceptors (Lipinski definition) is 2. The van der Waals surface area contributed by atoms with Crippen LogP contribution in [0, 0.1) is 0 Å². The van der Waals surface area contributed by atoms with Gasteiger partial charge in [-0.15, -0.1) is 0 Å². The fourth-order valence-corrected chi connectivity index (χ4v) is 2.39. The van der Waals surface area contributed by atoms with E-state index >= 15 is 0 Å². The summed E-state index contributed by atoms with van der Waals surface area (Å²) in [5.41, 5.74) is 1.50. The first-order valence-corrected chi connectivity index (χ1v) is 8.30. The van der Waals surface area contributed by atoms with Crippen molar-refractivity contribution < 1.29 is 9.59 Å². The zero-order valence-corrected chi connectivity index (χ0v) is 14.2. The van der Waals surface area contributed by atoms with Gasteiger partial charge in [0.25, 0.3) is 5.91 Å². The average Bonchev–Trinajstić information content (AvgIpc) is 2.62. The van der Waals surface area contributed by atoms with E-state index in [-0.39, 0.29) is 30.3 Å². The first-order chi connectivity index (χ1) is 11.6. The predicted molar refractivity (Wildman–Crippen MR) is 95.6 cm³/mol. The van der Waals surface area contributed by atoms with E-state index in [2.05, 4.69) is 10.6 Å². The van der Waals surface area contributed by atoms with Gasteiger partial charge in [0.05, 0.1) is 12.5 Å². The van der Waals surface area contributed by atoms with Gasteiger partial charge in [0.2, 0.25) is 5.91 Å². The van der Waals surface area contributed by atoms with Crippen molar-refractivity contribution >= 4 is 11.8 Å². The molecule has 0 aliphatic rings. The number of amides is 2. The Morgan fingerprint density at radius 3 is 2.08 bits per heavy atom. The number of rotatable bonds is 7. The van der Waals surface area contributed by atoms with Crippen molar-refractivity contribution in [3.05, 3.63) is 71.8 Å². The van der Waals surface area contributed by atoms with Crippen LogP contribution in [0.25, 0.3) is 0 Å². The highest BCUT2D eigenvalue weighted by Crippen LogP contribution is 2.17. The van der Waals surface area contributed by atoms with Crippen LogP contribution in [-0.2, 0) is 4.79 Å². The summed E-state index contributed by atoms with van der Waals surface area (Å²) in [5.74, 6) is -0.243. The molecule has 2 amide bonds. The maximum atomic E-state index is 12.4. The quantitative estimate of drug-likeness (QED) is 0.819. The fraction of sp³-hybridized carbons (Fsp3) is 0.300. The number of hydrogen-bond donors (Lipinski definition) is 2. The van der Waals surface area contributed by atoms with Crippen LogP contribution in [0.3, 0.4) is 0 Å². The fourth-order valence-electron chi connectivity index (χ4n) is 2.39. The lowest BCUT2D eigenvalue weighted by atomic mass is 10.0. The first-order valence-electron chi connectivity index (χ1n) is 8.30. The standard InChI is InChI=1S/C20H24N2O2/c1-3-15(2)21-19(23)14-18(16-10-6-4-7-11-16)22-20(24)17-12-8-5-9-13-17/h4-13,15,18H,3,14H2,1-2H3,(H,21,23)(H,22,24)/t15-,18-/m1/s1. The molecule has 0 aromatic heterocycles. The minimum atomic E-state index is -0.358. The third kappa shape index (κ3) is 5.23. The number of benzene rings is 2. The predicted octanol–water partition coefficient (Wildman–Crippen LogP) is 3.46. The Kier molecular flexibility index (Phi) is 6.55. The van der Waals surface area contributed by atoms with Crippen LogP contribution in [-0.4, -0.2) is 17.9 Å². The Morgan fingerprint density at radius 2 is 1.50 bits per heavy atom. The maximum Gasteiger partial charge on any atom is 0.251 e. The van der Waals surface area contributed by atoms with Gasteiger partial charge in [-0.25, -0.2) is 0 Å². The lowest BCUT2D eigenvalue weighted by molar-refractivity contribution is -0.122. The third-order valence-electron chi connectivity index (χ3n) is 3.95. The van der Waals surface area contributed by atoms with Crippen molar-refractivity contribution in [2.45, 2.75) is 38.8 Å². The minimum absolute atomic E-state index is 0.0634.